The number of hydrogen-bond acceptors (Lipinski definition) is 3. The van der Waals surface area contributed by atoms with Gasteiger partial charge in [0.25, 0.3) is 5.91 Å². The molecular formula is C11H12BrN3O2. The second kappa shape index (κ2) is 4.67. The Hall–Kier alpha value is -1.69. The Morgan fingerprint density at radius 1 is 1.59 bits per heavy atom. The average Bonchev–Trinajstić information content (AvgIpc) is 2.87. The number of nitrogens with one attached hydrogen (secondary N) is 1. The van der Waals surface area contributed by atoms with E-state index >= 15 is 0 Å². The van der Waals surface area contributed by atoms with Gasteiger partial charge in [-0.3, -0.25) is 4.79 Å². The number of nitrogen functional groups attached to an aromatic ring is 1. The molecule has 5 nitrogen and oxygen atoms in total. The van der Waals surface area contributed by atoms with Gasteiger partial charge in [0.2, 0.25) is 0 Å². The summed E-state index contributed by atoms with van der Waals surface area (Å²) in [5.41, 5.74) is 6.56. The lowest BCUT2D eigenvalue weighted by molar-refractivity contribution is 0.0770. The Bertz CT molecular complexity index is 532. The third-order valence-corrected chi connectivity index (χ3v) is 2.73. The van der Waals surface area contributed by atoms with Crippen molar-refractivity contribution in [3.63, 3.8) is 0 Å². The molecule has 0 spiro atoms. The Morgan fingerprint density at radius 2 is 2.35 bits per heavy atom. The molecule has 0 saturated heterocycles. The molecule has 0 aliphatic carbocycles. The van der Waals surface area contributed by atoms with Crippen LogP contribution in [0.15, 0.2) is 33.5 Å². The van der Waals surface area contributed by atoms with Gasteiger partial charge in [-0.25, -0.2) is 0 Å². The number of carbonyl (C=O) groups is 1. The second-order valence-corrected chi connectivity index (χ2v) is 4.50. The van der Waals surface area contributed by atoms with Crippen LogP contribution in [0.1, 0.15) is 16.2 Å². The first kappa shape index (κ1) is 11.8. The monoisotopic (exact) mass is 297 g/mol. The molecule has 2 heterocycles. The summed E-state index contributed by atoms with van der Waals surface area (Å²) in [4.78, 5) is 16.3. The fourth-order valence-electron chi connectivity index (χ4n) is 1.48. The van der Waals surface area contributed by atoms with Gasteiger partial charge in [0.15, 0.2) is 4.67 Å². The first-order valence-corrected chi connectivity index (χ1v) is 5.79. The van der Waals surface area contributed by atoms with Crippen molar-refractivity contribution in [1.82, 2.24) is 9.88 Å². The predicted molar refractivity (Wildman–Crippen MR) is 67.4 cm³/mol. The fraction of sp³-hybridized carbons (Fsp3) is 0.182. The molecule has 0 fully saturated rings. The number of amides is 1. The van der Waals surface area contributed by atoms with E-state index in [4.69, 9.17) is 10.2 Å². The summed E-state index contributed by atoms with van der Waals surface area (Å²) in [7, 11) is 1.70. The van der Waals surface area contributed by atoms with E-state index in [1.807, 2.05) is 6.07 Å². The maximum atomic E-state index is 12.0. The van der Waals surface area contributed by atoms with Gasteiger partial charge in [-0.15, -0.1) is 0 Å². The molecule has 0 aliphatic heterocycles. The highest BCUT2D eigenvalue weighted by atomic mass is 79.9. The maximum Gasteiger partial charge on any atom is 0.270 e. The Morgan fingerprint density at radius 3 is 2.88 bits per heavy atom. The molecule has 90 valence electrons. The van der Waals surface area contributed by atoms with E-state index in [0.717, 1.165) is 0 Å². The number of furan rings is 1. The molecule has 2 aromatic rings. The third kappa shape index (κ3) is 2.71. The normalized spacial score (nSPS) is 10.5. The zero-order valence-electron chi connectivity index (χ0n) is 9.24. The van der Waals surface area contributed by atoms with Crippen molar-refractivity contribution in [1.29, 1.82) is 0 Å². The molecule has 2 aromatic heterocycles. The van der Waals surface area contributed by atoms with Crippen LogP contribution >= 0.6 is 15.9 Å². The number of hydrogen-bond donors (Lipinski definition) is 2. The largest absolute Gasteiger partial charge is 0.452 e. The van der Waals surface area contributed by atoms with Gasteiger partial charge in [-0.05, 0) is 34.1 Å². The number of H-pyrrole nitrogens is 1. The zero-order chi connectivity index (χ0) is 12.4. The number of anilines is 1. The van der Waals surface area contributed by atoms with Gasteiger partial charge in [-0.2, -0.15) is 0 Å². The quantitative estimate of drug-likeness (QED) is 0.912. The molecule has 0 aliphatic rings. The summed E-state index contributed by atoms with van der Waals surface area (Å²) in [5.74, 6) is 0.585. The number of aromatic amines is 1. The standard InChI is InChI=1S/C11H12BrN3O2/c1-15(6-8-2-3-10(12)17-8)11(16)9-4-7(13)5-14-9/h2-5,14H,6,13H2,1H3. The van der Waals surface area contributed by atoms with Crippen LogP contribution in [0.4, 0.5) is 5.69 Å². The highest BCUT2D eigenvalue weighted by Crippen LogP contribution is 2.16. The molecule has 1 amide bonds. The van der Waals surface area contributed by atoms with Crippen molar-refractivity contribution in [3.05, 3.63) is 40.5 Å². The number of nitrogens with two attached hydrogens (primary N) is 1. The predicted octanol–water partition coefficient (Wildman–Crippen LogP) is 2.22. The van der Waals surface area contributed by atoms with Crippen molar-refractivity contribution < 1.29 is 9.21 Å². The lowest BCUT2D eigenvalue weighted by Crippen LogP contribution is -2.26. The summed E-state index contributed by atoms with van der Waals surface area (Å²) in [6.07, 6.45) is 1.59. The molecule has 0 radical (unpaired) electrons. The molecule has 0 unspecified atom stereocenters. The van der Waals surface area contributed by atoms with Crippen molar-refractivity contribution in [2.75, 3.05) is 12.8 Å². The van der Waals surface area contributed by atoms with Gasteiger partial charge >= 0.3 is 0 Å². The number of aromatic nitrogens is 1. The van der Waals surface area contributed by atoms with Crippen LogP contribution in [-0.2, 0) is 6.54 Å². The van der Waals surface area contributed by atoms with Crippen LogP contribution in [0, 0.1) is 0 Å². The smallest absolute Gasteiger partial charge is 0.270 e. The highest BCUT2D eigenvalue weighted by molar-refractivity contribution is 9.10. The molecule has 3 N–H and O–H groups in total. The van der Waals surface area contributed by atoms with E-state index in [1.165, 1.54) is 0 Å². The summed E-state index contributed by atoms with van der Waals surface area (Å²) >= 11 is 3.21. The highest BCUT2D eigenvalue weighted by Gasteiger charge is 2.14. The molecule has 0 atom stereocenters. The van der Waals surface area contributed by atoms with E-state index in [2.05, 4.69) is 20.9 Å². The average molecular weight is 298 g/mol. The number of halogens is 1. The van der Waals surface area contributed by atoms with Crippen LogP contribution in [0.3, 0.4) is 0 Å². The molecule has 0 saturated carbocycles. The Labute approximate surface area is 107 Å². The van der Waals surface area contributed by atoms with Gasteiger partial charge in [0, 0.05) is 18.9 Å². The lowest BCUT2D eigenvalue weighted by atomic mass is 10.3. The Balaban J connectivity index is 2.05. The minimum atomic E-state index is -0.130. The van der Waals surface area contributed by atoms with Crippen LogP contribution in [0.5, 0.6) is 0 Å². The minimum absolute atomic E-state index is 0.130. The van der Waals surface area contributed by atoms with E-state index in [9.17, 15) is 4.79 Å². The lowest BCUT2D eigenvalue weighted by Gasteiger charge is -2.14. The van der Waals surface area contributed by atoms with Crippen LogP contribution < -0.4 is 5.73 Å². The van der Waals surface area contributed by atoms with E-state index in [0.29, 0.717) is 28.4 Å². The molecule has 2 rings (SSSR count). The summed E-state index contributed by atoms with van der Waals surface area (Å²) < 4.78 is 5.98. The van der Waals surface area contributed by atoms with Gasteiger partial charge < -0.3 is 20.0 Å². The Kier molecular flexibility index (Phi) is 3.23. The molecular weight excluding hydrogens is 286 g/mol. The van der Waals surface area contributed by atoms with Crippen molar-refractivity contribution in [2.45, 2.75) is 6.54 Å². The number of nitrogens with zero attached hydrogens (tertiary/aromatic N) is 1. The molecule has 17 heavy (non-hydrogen) atoms. The molecule has 0 bridgehead atoms. The second-order valence-electron chi connectivity index (χ2n) is 3.71. The number of carbonyl (C=O) groups excluding carboxylic acids is 1. The summed E-state index contributed by atoms with van der Waals surface area (Å²) in [5, 5.41) is 0. The fourth-order valence-corrected chi connectivity index (χ4v) is 1.82. The van der Waals surface area contributed by atoms with Gasteiger partial charge in [0.1, 0.15) is 11.5 Å². The summed E-state index contributed by atoms with van der Waals surface area (Å²) in [6, 6.07) is 5.22. The zero-order valence-corrected chi connectivity index (χ0v) is 10.8. The van der Waals surface area contributed by atoms with E-state index in [-0.39, 0.29) is 5.91 Å². The molecule has 6 heteroatoms. The van der Waals surface area contributed by atoms with Gasteiger partial charge in [-0.1, -0.05) is 0 Å². The van der Waals surface area contributed by atoms with Crippen LogP contribution in [0.25, 0.3) is 0 Å². The van der Waals surface area contributed by atoms with Crippen molar-refractivity contribution in [2.24, 2.45) is 0 Å². The maximum absolute atomic E-state index is 12.0. The van der Waals surface area contributed by atoms with Crippen molar-refractivity contribution >= 4 is 27.5 Å². The SMILES string of the molecule is CN(Cc1ccc(Br)o1)C(=O)c1cc(N)c[nH]1. The molecule has 0 aromatic carbocycles. The van der Waals surface area contributed by atoms with Crippen LogP contribution in [0.2, 0.25) is 0 Å². The minimum Gasteiger partial charge on any atom is -0.452 e. The van der Waals surface area contributed by atoms with Crippen molar-refractivity contribution in [3.8, 4) is 0 Å². The van der Waals surface area contributed by atoms with E-state index in [1.54, 1.807) is 30.3 Å². The topological polar surface area (TPSA) is 75.3 Å². The number of rotatable bonds is 3. The van der Waals surface area contributed by atoms with Gasteiger partial charge in [0.05, 0.1) is 6.54 Å². The third-order valence-electron chi connectivity index (χ3n) is 2.30. The first-order chi connectivity index (χ1) is 8.06. The summed E-state index contributed by atoms with van der Waals surface area (Å²) in [6.45, 7) is 0.406. The van der Waals surface area contributed by atoms with Crippen LogP contribution in [-0.4, -0.2) is 22.8 Å². The van der Waals surface area contributed by atoms with E-state index < -0.39 is 0 Å². The first-order valence-electron chi connectivity index (χ1n) is 5.00.